The Morgan fingerprint density at radius 2 is 1.86 bits per heavy atom. The minimum Gasteiger partial charge on any atom is -0.494 e. The summed E-state index contributed by atoms with van der Waals surface area (Å²) >= 11 is 0. The molecule has 0 fully saturated rings. The zero-order valence-electron chi connectivity index (χ0n) is 13.8. The van der Waals surface area contributed by atoms with E-state index < -0.39 is 0 Å². The van der Waals surface area contributed by atoms with Crippen LogP contribution in [0.3, 0.4) is 0 Å². The average molecular weight is 324 g/mol. The second-order valence-electron chi connectivity index (χ2n) is 5.52. The third-order valence-corrected chi connectivity index (χ3v) is 3.46. The van der Waals surface area contributed by atoms with Gasteiger partial charge in [0, 0.05) is 20.1 Å². The van der Waals surface area contributed by atoms with E-state index in [9.17, 15) is 0 Å². The van der Waals surface area contributed by atoms with Gasteiger partial charge in [-0.1, -0.05) is 26.0 Å². The lowest BCUT2D eigenvalue weighted by molar-refractivity contribution is 0.340. The molecule has 0 aliphatic carbocycles. The molecule has 22 heavy (non-hydrogen) atoms. The van der Waals surface area contributed by atoms with E-state index in [2.05, 4.69) is 42.5 Å². The van der Waals surface area contributed by atoms with Gasteiger partial charge < -0.3 is 10.1 Å². The van der Waals surface area contributed by atoms with Gasteiger partial charge in [-0.15, -0.1) is 12.4 Å². The molecule has 0 atom stereocenters. The predicted molar refractivity (Wildman–Crippen MR) is 92.7 cm³/mol. The Balaban J connectivity index is 0.00000242. The Kier molecular flexibility index (Phi) is 7.42. The molecule has 2 rings (SSSR count). The number of aromatic nitrogens is 2. The molecule has 0 bridgehead atoms. The quantitative estimate of drug-likeness (QED) is 0.845. The van der Waals surface area contributed by atoms with Crippen molar-refractivity contribution in [2.24, 2.45) is 7.05 Å². The Hall–Kier alpha value is -1.52. The molecule has 122 valence electrons. The van der Waals surface area contributed by atoms with Crippen LogP contribution in [0.15, 0.2) is 30.3 Å². The van der Waals surface area contributed by atoms with E-state index in [4.69, 9.17) is 4.74 Å². The first-order chi connectivity index (χ1) is 10.1. The topological polar surface area (TPSA) is 39.1 Å². The fourth-order valence-electron chi connectivity index (χ4n) is 2.18. The van der Waals surface area contributed by atoms with Gasteiger partial charge in [-0.25, -0.2) is 0 Å². The van der Waals surface area contributed by atoms with E-state index in [-0.39, 0.29) is 12.4 Å². The molecule has 1 heterocycles. The fraction of sp³-hybridized carbons (Fsp3) is 0.471. The molecule has 4 nitrogen and oxygen atoms in total. The summed E-state index contributed by atoms with van der Waals surface area (Å²) in [5.74, 6) is 1.39. The standard InChI is InChI=1S/C17H25N3O.ClH/c1-5-21-16-8-6-14(7-9-16)11-18-12-15-10-17(13(2)3)19-20(15)4;/h6-10,13,18H,5,11-12H2,1-4H3;1H. The van der Waals surface area contributed by atoms with Gasteiger partial charge in [-0.05, 0) is 36.6 Å². The Morgan fingerprint density at radius 1 is 1.18 bits per heavy atom. The number of benzene rings is 1. The van der Waals surface area contributed by atoms with E-state index in [1.165, 1.54) is 11.3 Å². The van der Waals surface area contributed by atoms with Crippen LogP contribution in [0.2, 0.25) is 0 Å². The van der Waals surface area contributed by atoms with Crippen LogP contribution < -0.4 is 10.1 Å². The van der Waals surface area contributed by atoms with E-state index in [1.807, 2.05) is 30.8 Å². The number of halogens is 1. The lowest BCUT2D eigenvalue weighted by atomic mass is 10.1. The molecule has 0 saturated heterocycles. The normalized spacial score (nSPS) is 10.6. The summed E-state index contributed by atoms with van der Waals surface area (Å²) in [7, 11) is 2.00. The molecular weight excluding hydrogens is 298 g/mol. The molecule has 0 unspecified atom stereocenters. The van der Waals surface area contributed by atoms with Gasteiger partial charge in [0.1, 0.15) is 5.75 Å². The number of nitrogens with zero attached hydrogens (tertiary/aromatic N) is 2. The molecule has 0 saturated carbocycles. The average Bonchev–Trinajstić information content (AvgIpc) is 2.83. The summed E-state index contributed by atoms with van der Waals surface area (Å²) in [6.07, 6.45) is 0. The maximum atomic E-state index is 5.44. The van der Waals surface area contributed by atoms with E-state index in [0.717, 1.165) is 24.5 Å². The third-order valence-electron chi connectivity index (χ3n) is 3.46. The fourth-order valence-corrected chi connectivity index (χ4v) is 2.18. The van der Waals surface area contributed by atoms with Crippen molar-refractivity contribution in [2.45, 2.75) is 39.8 Å². The lowest BCUT2D eigenvalue weighted by Crippen LogP contribution is -2.15. The molecule has 2 aromatic rings. The SMILES string of the molecule is CCOc1ccc(CNCc2cc(C(C)C)nn2C)cc1.Cl. The van der Waals surface area contributed by atoms with Crippen molar-refractivity contribution in [2.75, 3.05) is 6.61 Å². The van der Waals surface area contributed by atoms with Crippen molar-refractivity contribution in [1.82, 2.24) is 15.1 Å². The number of nitrogens with one attached hydrogen (secondary N) is 1. The van der Waals surface area contributed by atoms with Gasteiger partial charge in [-0.2, -0.15) is 5.10 Å². The van der Waals surface area contributed by atoms with Crippen molar-refractivity contribution in [3.63, 3.8) is 0 Å². The third kappa shape index (κ3) is 5.04. The highest BCUT2D eigenvalue weighted by Gasteiger charge is 2.07. The minimum atomic E-state index is 0. The summed E-state index contributed by atoms with van der Waals surface area (Å²) in [6, 6.07) is 10.4. The van der Waals surface area contributed by atoms with Gasteiger partial charge in [0.05, 0.1) is 18.0 Å². The zero-order chi connectivity index (χ0) is 15.2. The van der Waals surface area contributed by atoms with Crippen LogP contribution in [0.4, 0.5) is 0 Å². The first-order valence-corrected chi connectivity index (χ1v) is 7.55. The van der Waals surface area contributed by atoms with Crippen LogP contribution in [0.5, 0.6) is 5.75 Å². The second kappa shape index (κ2) is 8.81. The maximum Gasteiger partial charge on any atom is 0.119 e. The van der Waals surface area contributed by atoms with Crippen LogP contribution in [-0.2, 0) is 20.1 Å². The largest absolute Gasteiger partial charge is 0.494 e. The summed E-state index contributed by atoms with van der Waals surface area (Å²) in [5, 5.41) is 7.99. The number of rotatable bonds is 7. The Labute approximate surface area is 139 Å². The Morgan fingerprint density at radius 3 is 2.41 bits per heavy atom. The van der Waals surface area contributed by atoms with E-state index >= 15 is 0 Å². The highest BCUT2D eigenvalue weighted by molar-refractivity contribution is 5.85. The van der Waals surface area contributed by atoms with Gasteiger partial charge in [0.2, 0.25) is 0 Å². The van der Waals surface area contributed by atoms with Crippen LogP contribution in [-0.4, -0.2) is 16.4 Å². The minimum absolute atomic E-state index is 0. The number of hydrogen-bond donors (Lipinski definition) is 1. The number of hydrogen-bond acceptors (Lipinski definition) is 3. The molecule has 0 radical (unpaired) electrons. The first-order valence-electron chi connectivity index (χ1n) is 7.55. The molecule has 0 aliphatic heterocycles. The monoisotopic (exact) mass is 323 g/mol. The van der Waals surface area contributed by atoms with E-state index in [0.29, 0.717) is 12.5 Å². The van der Waals surface area contributed by atoms with Crippen LogP contribution in [0, 0.1) is 0 Å². The predicted octanol–water partition coefficient (Wildman–Crippen LogP) is 3.65. The molecular formula is C17H26ClN3O. The molecule has 0 aliphatic rings. The highest BCUT2D eigenvalue weighted by atomic mass is 35.5. The lowest BCUT2D eigenvalue weighted by Gasteiger charge is -2.07. The molecule has 1 aromatic carbocycles. The van der Waals surface area contributed by atoms with Crippen LogP contribution in [0.25, 0.3) is 0 Å². The second-order valence-corrected chi connectivity index (χ2v) is 5.52. The first kappa shape index (κ1) is 18.5. The van der Waals surface area contributed by atoms with Crippen molar-refractivity contribution in [3.05, 3.63) is 47.3 Å². The van der Waals surface area contributed by atoms with E-state index in [1.54, 1.807) is 0 Å². The van der Waals surface area contributed by atoms with Crippen molar-refractivity contribution in [3.8, 4) is 5.75 Å². The molecule has 1 N–H and O–H groups in total. The van der Waals surface area contributed by atoms with Crippen molar-refractivity contribution >= 4 is 12.4 Å². The van der Waals surface area contributed by atoms with Gasteiger partial charge in [-0.3, -0.25) is 4.68 Å². The number of aryl methyl sites for hydroxylation is 1. The number of ether oxygens (including phenoxy) is 1. The molecule has 5 heteroatoms. The zero-order valence-corrected chi connectivity index (χ0v) is 14.6. The summed E-state index contributed by atoms with van der Waals surface area (Å²) in [5.41, 5.74) is 3.62. The summed E-state index contributed by atoms with van der Waals surface area (Å²) in [6.45, 7) is 8.70. The van der Waals surface area contributed by atoms with Crippen LogP contribution in [0.1, 0.15) is 43.6 Å². The smallest absolute Gasteiger partial charge is 0.119 e. The van der Waals surface area contributed by atoms with Gasteiger partial charge in [0.25, 0.3) is 0 Å². The molecule has 0 spiro atoms. The Bertz CT molecular complexity index is 564. The summed E-state index contributed by atoms with van der Waals surface area (Å²) < 4.78 is 7.40. The molecule has 1 aromatic heterocycles. The van der Waals surface area contributed by atoms with Crippen molar-refractivity contribution < 1.29 is 4.74 Å². The maximum absolute atomic E-state index is 5.44. The van der Waals surface area contributed by atoms with Gasteiger partial charge in [0.15, 0.2) is 0 Å². The summed E-state index contributed by atoms with van der Waals surface area (Å²) in [4.78, 5) is 0. The van der Waals surface area contributed by atoms with Gasteiger partial charge >= 0.3 is 0 Å². The van der Waals surface area contributed by atoms with Crippen molar-refractivity contribution in [1.29, 1.82) is 0 Å². The highest BCUT2D eigenvalue weighted by Crippen LogP contribution is 2.14. The van der Waals surface area contributed by atoms with Crippen LogP contribution >= 0.6 is 12.4 Å². The molecule has 0 amide bonds.